The second kappa shape index (κ2) is 11.1. The third-order valence-corrected chi connectivity index (χ3v) is 7.26. The predicted octanol–water partition coefficient (Wildman–Crippen LogP) is 4.17. The van der Waals surface area contributed by atoms with Crippen molar-refractivity contribution in [2.24, 2.45) is 11.7 Å². The Morgan fingerprint density at radius 3 is 2.87 bits per heavy atom. The summed E-state index contributed by atoms with van der Waals surface area (Å²) in [5, 5.41) is 13.7. The molecule has 1 aromatic carbocycles. The maximum absolute atomic E-state index is 15.5. The van der Waals surface area contributed by atoms with Crippen molar-refractivity contribution in [3.05, 3.63) is 71.2 Å². The quantitative estimate of drug-likeness (QED) is 0.470. The van der Waals surface area contributed by atoms with E-state index in [4.69, 9.17) is 15.2 Å². The van der Waals surface area contributed by atoms with Gasteiger partial charge < -0.3 is 25.6 Å². The van der Waals surface area contributed by atoms with Gasteiger partial charge in [0.15, 0.2) is 0 Å². The number of halogens is 2. The lowest BCUT2D eigenvalue weighted by molar-refractivity contribution is 0.0328. The molecular weight excluding hydrogens is 494 g/mol. The number of ether oxygens (including phenoxy) is 2. The number of aliphatic hydroxyl groups excluding tert-OH is 1. The first-order valence-corrected chi connectivity index (χ1v) is 12.7. The van der Waals surface area contributed by atoms with Crippen LogP contribution in [0.2, 0.25) is 0 Å². The topological polar surface area (TPSA) is 120 Å². The minimum atomic E-state index is -0.800. The summed E-state index contributed by atoms with van der Waals surface area (Å²) in [6.07, 6.45) is 4.00. The van der Waals surface area contributed by atoms with E-state index < -0.39 is 29.7 Å². The Hall–Kier alpha value is -3.47. The number of aromatic nitrogens is 2. The highest BCUT2D eigenvalue weighted by molar-refractivity contribution is 6.03. The van der Waals surface area contributed by atoms with E-state index in [0.717, 1.165) is 11.6 Å². The van der Waals surface area contributed by atoms with Crippen molar-refractivity contribution in [2.75, 3.05) is 18.5 Å². The third kappa shape index (κ3) is 5.24. The summed E-state index contributed by atoms with van der Waals surface area (Å²) in [6.45, 7) is 2.54. The highest BCUT2D eigenvalue weighted by Gasteiger charge is 2.36. The second-order valence-corrected chi connectivity index (χ2v) is 9.75. The Kier molecular flexibility index (Phi) is 7.64. The van der Waals surface area contributed by atoms with Crippen LogP contribution in [0.5, 0.6) is 5.75 Å². The van der Waals surface area contributed by atoms with Crippen molar-refractivity contribution in [2.45, 2.75) is 50.9 Å². The monoisotopic (exact) mass is 524 g/mol. The van der Waals surface area contributed by atoms with Gasteiger partial charge in [0.05, 0.1) is 36.8 Å². The number of anilines is 1. The van der Waals surface area contributed by atoms with E-state index in [1.807, 2.05) is 13.0 Å². The average Bonchev–Trinajstić information content (AvgIpc) is 2.90. The molecular formula is C28H30F2N4O4. The molecule has 2 aromatic heterocycles. The van der Waals surface area contributed by atoms with Crippen molar-refractivity contribution in [1.82, 2.24) is 9.97 Å². The fraction of sp³-hybridized carbons (Fsp3) is 0.393. The number of benzene rings is 1. The molecule has 1 aliphatic heterocycles. The highest BCUT2D eigenvalue weighted by atomic mass is 19.1. The first kappa shape index (κ1) is 26.1. The number of carbonyl (C=O) groups is 1. The molecule has 0 spiro atoms. The lowest BCUT2D eigenvalue weighted by atomic mass is 9.73. The van der Waals surface area contributed by atoms with Crippen LogP contribution in [0.25, 0.3) is 11.3 Å². The van der Waals surface area contributed by atoms with Crippen LogP contribution in [0.4, 0.5) is 14.5 Å². The minimum Gasteiger partial charge on any atom is -0.493 e. The summed E-state index contributed by atoms with van der Waals surface area (Å²) < 4.78 is 42.0. The normalized spacial score (nSPS) is 23.2. The molecule has 0 radical (unpaired) electrons. The molecule has 4 unspecified atom stereocenters. The van der Waals surface area contributed by atoms with E-state index in [1.54, 1.807) is 18.5 Å². The van der Waals surface area contributed by atoms with Crippen molar-refractivity contribution >= 4 is 11.6 Å². The summed E-state index contributed by atoms with van der Waals surface area (Å²) in [6, 6.07) is 6.51. The van der Waals surface area contributed by atoms with E-state index in [-0.39, 0.29) is 47.8 Å². The molecule has 1 aliphatic carbocycles. The van der Waals surface area contributed by atoms with E-state index in [9.17, 15) is 9.90 Å². The van der Waals surface area contributed by atoms with Crippen LogP contribution in [-0.2, 0) is 11.3 Å². The van der Waals surface area contributed by atoms with Crippen LogP contribution in [0.15, 0.2) is 42.7 Å². The fourth-order valence-corrected chi connectivity index (χ4v) is 5.36. The van der Waals surface area contributed by atoms with Gasteiger partial charge in [-0.1, -0.05) is 0 Å². The molecule has 1 fully saturated rings. The van der Waals surface area contributed by atoms with Crippen LogP contribution in [0, 0.1) is 17.6 Å². The van der Waals surface area contributed by atoms with Crippen molar-refractivity contribution in [1.29, 1.82) is 0 Å². The summed E-state index contributed by atoms with van der Waals surface area (Å²) in [7, 11) is 0. The number of nitrogens with zero attached hydrogens (tertiary/aromatic N) is 2. The van der Waals surface area contributed by atoms with Gasteiger partial charge in [-0.05, 0) is 79.5 Å². The van der Waals surface area contributed by atoms with Gasteiger partial charge in [-0.3, -0.25) is 9.78 Å². The molecule has 3 heterocycles. The summed E-state index contributed by atoms with van der Waals surface area (Å²) >= 11 is 0. The fourth-order valence-electron chi connectivity index (χ4n) is 5.36. The van der Waals surface area contributed by atoms with Gasteiger partial charge >= 0.3 is 0 Å². The number of hydrogen-bond donors (Lipinski definition) is 3. The number of pyridine rings is 2. The lowest BCUT2D eigenvalue weighted by Gasteiger charge is -2.38. The van der Waals surface area contributed by atoms with Crippen LogP contribution in [0.3, 0.4) is 0 Å². The standard InChI is InChI=1S/C28H30F2N4O4/c1-2-37-14-15-9-20(30)25-24(10-15)38-8-6-16-11-17(12-21(31)27(16)35)18-5-7-32-13-23(18)34-28(36)22-4-3-19(29)26(25)33-22/h3-5,7,9-10,13,16-17,21,27,35H,2,6,8,11-12,14,31H2,1H3,(H,34,36). The average molecular weight is 525 g/mol. The van der Waals surface area contributed by atoms with Gasteiger partial charge in [-0.15, -0.1) is 0 Å². The molecule has 4 N–H and O–H groups in total. The predicted molar refractivity (Wildman–Crippen MR) is 137 cm³/mol. The molecule has 10 heteroatoms. The zero-order chi connectivity index (χ0) is 26.8. The van der Waals surface area contributed by atoms with Gasteiger partial charge in [0.2, 0.25) is 0 Å². The van der Waals surface area contributed by atoms with Gasteiger partial charge in [0.1, 0.15) is 28.8 Å². The number of rotatable bonds is 3. The van der Waals surface area contributed by atoms with Crippen LogP contribution < -0.4 is 15.8 Å². The number of carbonyl (C=O) groups excluding carboxylic acids is 1. The first-order valence-electron chi connectivity index (χ1n) is 12.7. The van der Waals surface area contributed by atoms with Crippen molar-refractivity contribution in [3.8, 4) is 17.0 Å². The van der Waals surface area contributed by atoms with Crippen LogP contribution >= 0.6 is 0 Å². The van der Waals surface area contributed by atoms with Crippen molar-refractivity contribution in [3.63, 3.8) is 0 Å². The second-order valence-electron chi connectivity index (χ2n) is 9.75. The SMILES string of the molecule is CCOCc1cc(F)c2c(c1)OCCC1CC(CC(N)C1O)c1ccncc1NC(=O)c1ccc(F)c-2n1. The molecule has 2 aliphatic rings. The van der Waals surface area contributed by atoms with Crippen molar-refractivity contribution < 1.29 is 28.2 Å². The molecule has 200 valence electrons. The first-order chi connectivity index (χ1) is 18.4. The van der Waals surface area contributed by atoms with Gasteiger partial charge in [-0.25, -0.2) is 13.8 Å². The maximum atomic E-state index is 15.5. The van der Waals surface area contributed by atoms with Gasteiger partial charge in [-0.2, -0.15) is 0 Å². The maximum Gasteiger partial charge on any atom is 0.274 e. The molecule has 1 saturated carbocycles. The lowest BCUT2D eigenvalue weighted by Crippen LogP contribution is -2.46. The van der Waals surface area contributed by atoms with E-state index in [1.165, 1.54) is 12.1 Å². The molecule has 1 amide bonds. The van der Waals surface area contributed by atoms with Crippen LogP contribution in [0.1, 0.15) is 53.7 Å². The Morgan fingerprint density at radius 1 is 1.21 bits per heavy atom. The highest BCUT2D eigenvalue weighted by Crippen LogP contribution is 2.41. The van der Waals surface area contributed by atoms with Gasteiger partial charge in [0, 0.05) is 18.8 Å². The molecule has 5 rings (SSSR count). The third-order valence-electron chi connectivity index (χ3n) is 7.26. The molecule has 38 heavy (non-hydrogen) atoms. The van der Waals surface area contributed by atoms with E-state index >= 15 is 8.78 Å². The molecule has 3 aromatic rings. The summed E-state index contributed by atoms with van der Waals surface area (Å²) in [5.41, 5.74) is 7.55. The molecule has 4 bridgehead atoms. The smallest absolute Gasteiger partial charge is 0.274 e. The van der Waals surface area contributed by atoms with Gasteiger partial charge in [0.25, 0.3) is 5.91 Å². The largest absolute Gasteiger partial charge is 0.493 e. The number of fused-ring (bicyclic) bond motifs is 8. The molecule has 4 atom stereocenters. The Morgan fingerprint density at radius 2 is 2.05 bits per heavy atom. The Bertz CT molecular complexity index is 1340. The number of aliphatic hydroxyl groups is 1. The zero-order valence-electron chi connectivity index (χ0n) is 21.0. The Labute approximate surface area is 219 Å². The van der Waals surface area contributed by atoms with Crippen LogP contribution in [-0.4, -0.2) is 46.3 Å². The Balaban J connectivity index is 1.62. The molecule has 8 nitrogen and oxygen atoms in total. The number of nitrogens with one attached hydrogen (secondary N) is 1. The number of amides is 1. The number of hydrogen-bond acceptors (Lipinski definition) is 7. The molecule has 0 saturated heterocycles. The van der Waals surface area contributed by atoms with E-state index in [2.05, 4.69) is 15.3 Å². The summed E-state index contributed by atoms with van der Waals surface area (Å²) in [5.74, 6) is -2.31. The zero-order valence-corrected chi connectivity index (χ0v) is 21.0. The number of nitrogens with two attached hydrogens (primary N) is 1. The summed E-state index contributed by atoms with van der Waals surface area (Å²) in [4.78, 5) is 21.6. The van der Waals surface area contributed by atoms with E-state index in [0.29, 0.717) is 37.1 Å². The minimum absolute atomic E-state index is 0.0407.